The fourth-order valence-electron chi connectivity index (χ4n) is 1.51. The lowest BCUT2D eigenvalue weighted by molar-refractivity contribution is -0.118. The van der Waals surface area contributed by atoms with Gasteiger partial charge in [0.05, 0.1) is 6.04 Å². The highest BCUT2D eigenvalue weighted by atomic mass is 16.2. The Labute approximate surface area is 113 Å². The van der Waals surface area contributed by atoms with E-state index in [-0.39, 0.29) is 17.9 Å². The van der Waals surface area contributed by atoms with Gasteiger partial charge in [-0.25, -0.2) is 0 Å². The van der Waals surface area contributed by atoms with Crippen LogP contribution in [0.1, 0.15) is 19.4 Å². The van der Waals surface area contributed by atoms with E-state index in [0.717, 1.165) is 11.3 Å². The van der Waals surface area contributed by atoms with E-state index in [1.54, 1.807) is 6.92 Å². The number of hydrogen-bond donors (Lipinski definition) is 3. The summed E-state index contributed by atoms with van der Waals surface area (Å²) < 4.78 is 0. The van der Waals surface area contributed by atoms with Crippen LogP contribution in [0.5, 0.6) is 0 Å². The van der Waals surface area contributed by atoms with E-state index in [2.05, 4.69) is 16.0 Å². The topological polar surface area (TPSA) is 70.2 Å². The highest BCUT2D eigenvalue weighted by Gasteiger charge is 2.11. The van der Waals surface area contributed by atoms with Crippen LogP contribution in [0.2, 0.25) is 0 Å². The second-order valence-electron chi connectivity index (χ2n) is 4.51. The van der Waals surface area contributed by atoms with Crippen molar-refractivity contribution in [1.29, 1.82) is 0 Å². The van der Waals surface area contributed by atoms with Gasteiger partial charge in [-0.3, -0.25) is 9.59 Å². The first-order chi connectivity index (χ1) is 8.99. The van der Waals surface area contributed by atoms with Gasteiger partial charge in [0.15, 0.2) is 0 Å². The highest BCUT2D eigenvalue weighted by Crippen LogP contribution is 2.08. The van der Waals surface area contributed by atoms with Crippen LogP contribution in [0.4, 0.5) is 5.69 Å². The number of aryl methyl sites for hydroxylation is 1. The van der Waals surface area contributed by atoms with Crippen LogP contribution < -0.4 is 16.0 Å². The minimum atomic E-state index is -0.310. The third-order valence-corrected chi connectivity index (χ3v) is 2.66. The van der Waals surface area contributed by atoms with Crippen molar-refractivity contribution in [3.05, 3.63) is 29.8 Å². The Morgan fingerprint density at radius 1 is 1.16 bits per heavy atom. The first-order valence-corrected chi connectivity index (χ1v) is 6.34. The number of rotatable bonds is 6. The van der Waals surface area contributed by atoms with Gasteiger partial charge < -0.3 is 16.0 Å². The lowest BCUT2D eigenvalue weighted by atomic mass is 10.2. The fourth-order valence-corrected chi connectivity index (χ4v) is 1.51. The molecule has 1 aromatic rings. The Kier molecular flexibility index (Phi) is 6.02. The van der Waals surface area contributed by atoms with Crippen molar-refractivity contribution >= 4 is 17.5 Å². The molecule has 0 radical (unpaired) electrons. The minimum Gasteiger partial charge on any atom is -0.355 e. The predicted molar refractivity (Wildman–Crippen MR) is 76.0 cm³/mol. The van der Waals surface area contributed by atoms with Crippen LogP contribution in [0.15, 0.2) is 24.3 Å². The van der Waals surface area contributed by atoms with Crippen molar-refractivity contribution in [1.82, 2.24) is 10.6 Å². The maximum atomic E-state index is 11.9. The molecule has 0 saturated heterocycles. The van der Waals surface area contributed by atoms with Crippen LogP contribution >= 0.6 is 0 Å². The first-order valence-electron chi connectivity index (χ1n) is 6.34. The van der Waals surface area contributed by atoms with Gasteiger partial charge in [0.1, 0.15) is 0 Å². The summed E-state index contributed by atoms with van der Waals surface area (Å²) in [4.78, 5) is 22.5. The van der Waals surface area contributed by atoms with Crippen molar-refractivity contribution in [2.45, 2.75) is 26.8 Å². The summed E-state index contributed by atoms with van der Waals surface area (Å²) in [5.41, 5.74) is 1.94. The monoisotopic (exact) mass is 263 g/mol. The number of benzene rings is 1. The zero-order valence-corrected chi connectivity index (χ0v) is 11.6. The summed E-state index contributed by atoms with van der Waals surface area (Å²) >= 11 is 0. The average Bonchev–Trinajstić information content (AvgIpc) is 2.36. The molecule has 2 amide bonds. The van der Waals surface area contributed by atoms with Crippen LogP contribution in [0, 0.1) is 6.92 Å². The number of anilines is 1. The molecule has 1 rings (SSSR count). The molecule has 1 aromatic carbocycles. The van der Waals surface area contributed by atoms with Gasteiger partial charge in [-0.2, -0.15) is 0 Å². The molecule has 1 atom stereocenters. The smallest absolute Gasteiger partial charge is 0.241 e. The summed E-state index contributed by atoms with van der Waals surface area (Å²) in [6, 6.07) is 7.33. The number of amides is 2. The second-order valence-corrected chi connectivity index (χ2v) is 4.51. The molecule has 0 aromatic heterocycles. The maximum absolute atomic E-state index is 11.9. The molecule has 0 fully saturated rings. The summed E-state index contributed by atoms with van der Waals surface area (Å²) in [5.74, 6) is -0.162. The molecule has 5 heteroatoms. The number of carbonyl (C=O) groups is 2. The summed E-state index contributed by atoms with van der Waals surface area (Å²) in [5, 5.41) is 8.53. The molecule has 0 aliphatic heterocycles. The summed E-state index contributed by atoms with van der Waals surface area (Å²) in [6.45, 7) is 6.32. The molecule has 0 bridgehead atoms. The predicted octanol–water partition coefficient (Wildman–Crippen LogP) is 1.05. The van der Waals surface area contributed by atoms with Gasteiger partial charge in [-0.1, -0.05) is 17.7 Å². The summed E-state index contributed by atoms with van der Waals surface area (Å²) in [7, 11) is 0. The van der Waals surface area contributed by atoms with Gasteiger partial charge in [-0.05, 0) is 26.0 Å². The Balaban J connectivity index is 2.32. The molecule has 0 heterocycles. The highest BCUT2D eigenvalue weighted by molar-refractivity contribution is 5.94. The molecule has 104 valence electrons. The summed E-state index contributed by atoms with van der Waals surface area (Å²) in [6.07, 6.45) is 0. The van der Waals surface area contributed by atoms with E-state index in [4.69, 9.17) is 0 Å². The first kappa shape index (κ1) is 15.2. The molecule has 5 nitrogen and oxygen atoms in total. The lowest BCUT2D eigenvalue weighted by Crippen LogP contribution is -2.41. The van der Waals surface area contributed by atoms with Crippen LogP contribution in [-0.2, 0) is 9.59 Å². The Morgan fingerprint density at radius 2 is 1.79 bits per heavy atom. The van der Waals surface area contributed by atoms with Crippen LogP contribution in [0.3, 0.4) is 0 Å². The molecule has 0 aliphatic rings. The Morgan fingerprint density at radius 3 is 2.37 bits per heavy atom. The van der Waals surface area contributed by atoms with Gasteiger partial charge in [0.25, 0.3) is 0 Å². The molecular weight excluding hydrogens is 242 g/mol. The van der Waals surface area contributed by atoms with E-state index in [1.807, 2.05) is 31.2 Å². The normalized spacial score (nSPS) is 11.7. The third kappa shape index (κ3) is 6.01. The van der Waals surface area contributed by atoms with Gasteiger partial charge in [-0.15, -0.1) is 0 Å². The van der Waals surface area contributed by atoms with Crippen molar-refractivity contribution < 1.29 is 9.59 Å². The van der Waals surface area contributed by atoms with Crippen molar-refractivity contribution in [2.75, 3.05) is 18.4 Å². The SMILES string of the molecule is CC(=O)NCCN[C@H](C)C(=O)Nc1ccc(C)cc1. The minimum absolute atomic E-state index is 0.0708. The Hall–Kier alpha value is -1.88. The zero-order valence-electron chi connectivity index (χ0n) is 11.6. The molecule has 0 spiro atoms. The van der Waals surface area contributed by atoms with Crippen LogP contribution in [0.25, 0.3) is 0 Å². The average molecular weight is 263 g/mol. The van der Waals surface area contributed by atoms with Crippen LogP contribution in [-0.4, -0.2) is 30.9 Å². The number of nitrogens with one attached hydrogen (secondary N) is 3. The van der Waals surface area contributed by atoms with E-state index < -0.39 is 0 Å². The maximum Gasteiger partial charge on any atom is 0.241 e. The Bertz CT molecular complexity index is 429. The number of carbonyl (C=O) groups excluding carboxylic acids is 2. The third-order valence-electron chi connectivity index (χ3n) is 2.66. The van der Waals surface area contributed by atoms with E-state index >= 15 is 0 Å². The quantitative estimate of drug-likeness (QED) is 0.672. The van der Waals surface area contributed by atoms with E-state index in [1.165, 1.54) is 6.92 Å². The molecule has 0 saturated carbocycles. The molecule has 0 aliphatic carbocycles. The van der Waals surface area contributed by atoms with Gasteiger partial charge in [0.2, 0.25) is 11.8 Å². The molecule has 3 N–H and O–H groups in total. The van der Waals surface area contributed by atoms with Crippen molar-refractivity contribution in [3.8, 4) is 0 Å². The fraction of sp³-hybridized carbons (Fsp3) is 0.429. The van der Waals surface area contributed by atoms with Gasteiger partial charge in [0, 0.05) is 25.7 Å². The standard InChI is InChI=1S/C14H21N3O2/c1-10-4-6-13(7-5-10)17-14(19)11(2)15-8-9-16-12(3)18/h4-7,11,15H,8-9H2,1-3H3,(H,16,18)(H,17,19)/t11-/m1/s1. The van der Waals surface area contributed by atoms with Crippen molar-refractivity contribution in [3.63, 3.8) is 0 Å². The largest absolute Gasteiger partial charge is 0.355 e. The van der Waals surface area contributed by atoms with E-state index in [9.17, 15) is 9.59 Å². The zero-order chi connectivity index (χ0) is 14.3. The molecular formula is C14H21N3O2. The molecule has 0 unspecified atom stereocenters. The van der Waals surface area contributed by atoms with Gasteiger partial charge >= 0.3 is 0 Å². The number of hydrogen-bond acceptors (Lipinski definition) is 3. The van der Waals surface area contributed by atoms with E-state index in [0.29, 0.717) is 13.1 Å². The lowest BCUT2D eigenvalue weighted by Gasteiger charge is -2.14. The second kappa shape index (κ2) is 7.53. The molecule has 19 heavy (non-hydrogen) atoms. The van der Waals surface area contributed by atoms with Crippen molar-refractivity contribution in [2.24, 2.45) is 0 Å².